The Hall–Kier alpha value is -3.00. The molecule has 8 nitrogen and oxygen atoms in total. The van der Waals surface area contributed by atoms with Crippen molar-refractivity contribution in [3.63, 3.8) is 0 Å². The van der Waals surface area contributed by atoms with Crippen LogP contribution in [0.3, 0.4) is 0 Å². The number of aliphatic hydroxyl groups excluding tert-OH is 1. The lowest BCUT2D eigenvalue weighted by atomic mass is 9.71. The zero-order valence-electron chi connectivity index (χ0n) is 23.7. The molecule has 0 saturated carbocycles. The highest BCUT2D eigenvalue weighted by molar-refractivity contribution is 7.10. The lowest BCUT2D eigenvalue weighted by Gasteiger charge is -2.41. The van der Waals surface area contributed by atoms with E-state index in [-0.39, 0.29) is 11.8 Å². The van der Waals surface area contributed by atoms with E-state index in [0.29, 0.717) is 44.9 Å². The van der Waals surface area contributed by atoms with Gasteiger partial charge in [0.2, 0.25) is 0 Å². The summed E-state index contributed by atoms with van der Waals surface area (Å²) in [6, 6.07) is 9.78. The summed E-state index contributed by atoms with van der Waals surface area (Å²) in [5.74, 6) is 6.42. The zero-order valence-corrected chi connectivity index (χ0v) is 24.5. The standard InChI is InChI=1S/C32H39N3O5S/c1-39-25-6-7-28-27(20-25)31(24(22-33-28)23-35-15-17-40-18-16-35)29(36)8-9-32(21-30(37)38)10-13-34(14-11-32)12-2-4-26-5-3-19-41-26/h3,5-7,19-20,22,29,36H,8-18,21,23H2,1H3,(H,37,38)/t29-/m1/s1. The van der Waals surface area contributed by atoms with Crippen LogP contribution >= 0.6 is 11.3 Å². The Balaban J connectivity index is 1.32. The number of morpholine rings is 1. The summed E-state index contributed by atoms with van der Waals surface area (Å²) < 4.78 is 11.0. The first kappa shape index (κ1) is 29.5. The lowest BCUT2D eigenvalue weighted by molar-refractivity contribution is -0.141. The second-order valence-corrected chi connectivity index (χ2v) is 12.1. The molecule has 2 aromatic heterocycles. The molecule has 0 spiro atoms. The molecule has 2 aliphatic heterocycles. The Labute approximate surface area is 245 Å². The molecule has 9 heteroatoms. The second-order valence-electron chi connectivity index (χ2n) is 11.1. The minimum atomic E-state index is -0.780. The van der Waals surface area contributed by atoms with Gasteiger partial charge in [-0.3, -0.25) is 19.6 Å². The van der Waals surface area contributed by atoms with Crippen LogP contribution in [0.4, 0.5) is 0 Å². The average Bonchev–Trinajstić information content (AvgIpc) is 3.50. The van der Waals surface area contributed by atoms with Gasteiger partial charge in [0.05, 0.1) is 49.8 Å². The maximum atomic E-state index is 12.0. The van der Waals surface area contributed by atoms with Crippen LogP contribution < -0.4 is 4.74 Å². The van der Waals surface area contributed by atoms with Crippen molar-refractivity contribution in [2.45, 2.75) is 44.8 Å². The second kappa shape index (κ2) is 13.8. The number of benzene rings is 1. The summed E-state index contributed by atoms with van der Waals surface area (Å²) in [5, 5.41) is 24.5. The molecule has 0 amide bonds. The van der Waals surface area contributed by atoms with Crippen LogP contribution in [-0.4, -0.2) is 84.0 Å². The van der Waals surface area contributed by atoms with E-state index in [4.69, 9.17) is 14.5 Å². The molecule has 2 saturated heterocycles. The summed E-state index contributed by atoms with van der Waals surface area (Å²) in [4.78, 5) is 22.3. The van der Waals surface area contributed by atoms with E-state index in [9.17, 15) is 15.0 Å². The summed E-state index contributed by atoms with van der Waals surface area (Å²) in [6.45, 7) is 6.03. The molecule has 0 unspecified atom stereocenters. The van der Waals surface area contributed by atoms with Crippen molar-refractivity contribution in [3.8, 4) is 17.6 Å². The fourth-order valence-corrected chi connectivity index (χ4v) is 6.67. The number of fused-ring (bicyclic) bond motifs is 1. The van der Waals surface area contributed by atoms with Crippen molar-refractivity contribution in [3.05, 3.63) is 57.9 Å². The number of aliphatic hydroxyl groups is 1. The number of carbonyl (C=O) groups is 1. The minimum Gasteiger partial charge on any atom is -0.497 e. The average molecular weight is 578 g/mol. The van der Waals surface area contributed by atoms with E-state index >= 15 is 0 Å². The van der Waals surface area contributed by atoms with Crippen LogP contribution in [0.5, 0.6) is 5.75 Å². The van der Waals surface area contributed by atoms with E-state index < -0.39 is 12.1 Å². The number of aliphatic carboxylic acids is 1. The number of rotatable bonds is 10. The van der Waals surface area contributed by atoms with Crippen molar-refractivity contribution in [2.24, 2.45) is 5.41 Å². The van der Waals surface area contributed by atoms with E-state index in [1.54, 1.807) is 18.4 Å². The van der Waals surface area contributed by atoms with Gasteiger partial charge in [-0.15, -0.1) is 11.3 Å². The summed E-state index contributed by atoms with van der Waals surface area (Å²) in [5.41, 5.74) is 2.32. The molecule has 4 heterocycles. The molecular weight excluding hydrogens is 538 g/mol. The number of piperidine rings is 1. The smallest absolute Gasteiger partial charge is 0.303 e. The molecule has 1 atom stereocenters. The summed E-state index contributed by atoms with van der Waals surface area (Å²) in [6.07, 6.45) is 3.92. The van der Waals surface area contributed by atoms with Gasteiger partial charge >= 0.3 is 5.97 Å². The normalized spacial score (nSPS) is 18.5. The van der Waals surface area contributed by atoms with Gasteiger partial charge in [-0.2, -0.15) is 0 Å². The first-order chi connectivity index (χ1) is 19.9. The molecule has 5 rings (SSSR count). The number of hydrogen-bond donors (Lipinski definition) is 2. The molecule has 0 aliphatic carbocycles. The van der Waals surface area contributed by atoms with Crippen LogP contribution in [0, 0.1) is 17.3 Å². The van der Waals surface area contributed by atoms with Crippen molar-refractivity contribution < 1.29 is 24.5 Å². The first-order valence-corrected chi connectivity index (χ1v) is 15.2. The lowest BCUT2D eigenvalue weighted by Crippen LogP contribution is -2.41. The molecule has 0 radical (unpaired) electrons. The van der Waals surface area contributed by atoms with Gasteiger partial charge in [-0.05, 0) is 85.0 Å². The monoisotopic (exact) mass is 577 g/mol. The predicted molar refractivity (Wildman–Crippen MR) is 160 cm³/mol. The number of carboxylic acid groups (broad SMARTS) is 1. The fourth-order valence-electron chi connectivity index (χ4n) is 6.08. The van der Waals surface area contributed by atoms with E-state index in [1.165, 1.54) is 0 Å². The van der Waals surface area contributed by atoms with Crippen LogP contribution in [0.25, 0.3) is 10.9 Å². The molecular formula is C32H39N3O5S. The third kappa shape index (κ3) is 7.64. The number of aromatic nitrogens is 1. The Kier molecular flexibility index (Phi) is 9.91. The molecule has 2 N–H and O–H groups in total. The third-order valence-corrected chi connectivity index (χ3v) is 9.24. The number of nitrogens with zero attached hydrogens (tertiary/aromatic N) is 3. The van der Waals surface area contributed by atoms with Gasteiger partial charge in [0.25, 0.3) is 0 Å². The van der Waals surface area contributed by atoms with Gasteiger partial charge in [-0.25, -0.2) is 0 Å². The molecule has 2 fully saturated rings. The van der Waals surface area contributed by atoms with Crippen LogP contribution in [0.15, 0.2) is 41.9 Å². The number of thiophene rings is 1. The molecule has 1 aromatic carbocycles. The highest BCUT2D eigenvalue weighted by atomic mass is 32.1. The maximum absolute atomic E-state index is 12.0. The number of likely N-dealkylation sites (tertiary alicyclic amines) is 1. The Morgan fingerprint density at radius 1 is 1.20 bits per heavy atom. The number of carboxylic acids is 1. The van der Waals surface area contributed by atoms with Crippen molar-refractivity contribution in [1.82, 2.24) is 14.8 Å². The number of hydrogen-bond acceptors (Lipinski definition) is 8. The molecule has 3 aromatic rings. The summed E-state index contributed by atoms with van der Waals surface area (Å²) in [7, 11) is 1.64. The van der Waals surface area contributed by atoms with Crippen molar-refractivity contribution >= 4 is 28.2 Å². The highest BCUT2D eigenvalue weighted by Gasteiger charge is 2.37. The number of methoxy groups -OCH3 is 1. The first-order valence-electron chi connectivity index (χ1n) is 14.3. The predicted octanol–water partition coefficient (Wildman–Crippen LogP) is 4.56. The molecule has 41 heavy (non-hydrogen) atoms. The molecule has 218 valence electrons. The van der Waals surface area contributed by atoms with Crippen LogP contribution in [0.2, 0.25) is 0 Å². The maximum Gasteiger partial charge on any atom is 0.303 e. The number of ether oxygens (including phenoxy) is 2. The SMILES string of the molecule is COc1ccc2ncc(CN3CCOCC3)c([C@H](O)CCC3(CC(=O)O)CCN(CC#Cc4cccs4)CC3)c2c1. The highest BCUT2D eigenvalue weighted by Crippen LogP contribution is 2.42. The third-order valence-electron chi connectivity index (χ3n) is 8.46. The van der Waals surface area contributed by atoms with E-state index in [2.05, 4.69) is 21.6 Å². The van der Waals surface area contributed by atoms with Crippen LogP contribution in [0.1, 0.15) is 54.2 Å². The van der Waals surface area contributed by atoms with E-state index in [1.807, 2.05) is 41.9 Å². The Bertz CT molecular complexity index is 1370. The van der Waals surface area contributed by atoms with Crippen molar-refractivity contribution in [1.29, 1.82) is 0 Å². The molecule has 2 aliphatic rings. The van der Waals surface area contributed by atoms with E-state index in [0.717, 1.165) is 65.9 Å². The minimum absolute atomic E-state index is 0.111. The van der Waals surface area contributed by atoms with Gasteiger partial charge in [0.15, 0.2) is 0 Å². The largest absolute Gasteiger partial charge is 0.497 e. The van der Waals surface area contributed by atoms with Crippen molar-refractivity contribution in [2.75, 3.05) is 53.0 Å². The van der Waals surface area contributed by atoms with Gasteiger partial charge < -0.3 is 19.7 Å². The van der Waals surface area contributed by atoms with Gasteiger partial charge in [-0.1, -0.05) is 17.9 Å². The Morgan fingerprint density at radius 2 is 2.00 bits per heavy atom. The fraction of sp³-hybridized carbons (Fsp3) is 0.500. The quantitative estimate of drug-likeness (QED) is 0.339. The zero-order chi connectivity index (χ0) is 28.7. The summed E-state index contributed by atoms with van der Waals surface area (Å²) >= 11 is 1.64. The van der Waals surface area contributed by atoms with Gasteiger partial charge in [0, 0.05) is 31.2 Å². The topological polar surface area (TPSA) is 95.4 Å². The van der Waals surface area contributed by atoms with Gasteiger partial charge in [0.1, 0.15) is 5.75 Å². The van der Waals surface area contributed by atoms with Crippen LogP contribution in [-0.2, 0) is 16.1 Å². The number of pyridine rings is 1. The molecule has 0 bridgehead atoms. The Morgan fingerprint density at radius 3 is 2.71 bits per heavy atom.